The van der Waals surface area contributed by atoms with Gasteiger partial charge in [0, 0.05) is 31.6 Å². The van der Waals surface area contributed by atoms with Crippen LogP contribution in [0.4, 0.5) is 5.82 Å². The summed E-state index contributed by atoms with van der Waals surface area (Å²) >= 11 is 0. The zero-order chi connectivity index (χ0) is 14.9. The molecule has 0 unspecified atom stereocenters. The summed E-state index contributed by atoms with van der Waals surface area (Å²) in [6.07, 6.45) is 1.63. The third-order valence-corrected chi connectivity index (χ3v) is 4.17. The molecule has 1 aromatic carbocycles. The number of hydrogen-bond donors (Lipinski definition) is 0. The predicted octanol–water partition coefficient (Wildman–Crippen LogP) is 2.05. The largest absolute Gasteiger partial charge is 0.353 e. The normalized spacial score (nSPS) is 16.9. The molecule has 1 aliphatic rings. The van der Waals surface area contributed by atoms with E-state index < -0.39 is 5.54 Å². The number of benzene rings is 1. The molecule has 3 rings (SSSR count). The average molecular weight is 281 g/mol. The van der Waals surface area contributed by atoms with Crippen LogP contribution in [0, 0.1) is 11.3 Å². The van der Waals surface area contributed by atoms with Gasteiger partial charge in [-0.3, -0.25) is 4.90 Å². The molecular formula is C16H19N5. The molecule has 0 spiro atoms. The number of anilines is 1. The Kier molecular flexibility index (Phi) is 3.48. The minimum Gasteiger partial charge on any atom is -0.353 e. The Bertz CT molecular complexity index is 675. The predicted molar refractivity (Wildman–Crippen MR) is 83.0 cm³/mol. The summed E-state index contributed by atoms with van der Waals surface area (Å²) in [6.45, 7) is 7.46. The number of nitriles is 1. The Hall–Kier alpha value is -2.19. The minimum absolute atomic E-state index is 0.403. The summed E-state index contributed by atoms with van der Waals surface area (Å²) in [7, 11) is 0. The molecule has 0 aliphatic carbocycles. The third kappa shape index (κ3) is 2.55. The molecule has 108 valence electrons. The molecule has 2 aromatic rings. The Morgan fingerprint density at radius 2 is 1.81 bits per heavy atom. The lowest BCUT2D eigenvalue weighted by Gasteiger charge is -2.41. The van der Waals surface area contributed by atoms with Gasteiger partial charge in [-0.15, -0.1) is 0 Å². The van der Waals surface area contributed by atoms with E-state index in [0.717, 1.165) is 42.9 Å². The fraction of sp³-hybridized carbons (Fsp3) is 0.438. The molecule has 1 saturated heterocycles. The highest BCUT2D eigenvalue weighted by molar-refractivity contribution is 5.89. The molecule has 0 atom stereocenters. The van der Waals surface area contributed by atoms with Crippen molar-refractivity contribution in [3.63, 3.8) is 0 Å². The van der Waals surface area contributed by atoms with Crippen LogP contribution in [-0.4, -0.2) is 46.6 Å². The van der Waals surface area contributed by atoms with Gasteiger partial charge in [-0.05, 0) is 26.0 Å². The van der Waals surface area contributed by atoms with Crippen LogP contribution < -0.4 is 4.90 Å². The van der Waals surface area contributed by atoms with Gasteiger partial charge in [-0.2, -0.15) is 5.26 Å². The molecule has 1 fully saturated rings. The monoisotopic (exact) mass is 281 g/mol. The van der Waals surface area contributed by atoms with Crippen molar-refractivity contribution < 1.29 is 0 Å². The second kappa shape index (κ2) is 5.30. The summed E-state index contributed by atoms with van der Waals surface area (Å²) in [5.41, 5.74) is 0.571. The van der Waals surface area contributed by atoms with Gasteiger partial charge in [0.15, 0.2) is 0 Å². The lowest BCUT2D eigenvalue weighted by atomic mass is 10.0. The Morgan fingerprint density at radius 3 is 2.52 bits per heavy atom. The molecule has 1 aromatic heterocycles. The van der Waals surface area contributed by atoms with Gasteiger partial charge < -0.3 is 4.90 Å². The van der Waals surface area contributed by atoms with Crippen LogP contribution in [0.25, 0.3) is 10.9 Å². The minimum atomic E-state index is -0.403. The highest BCUT2D eigenvalue weighted by atomic mass is 15.3. The zero-order valence-corrected chi connectivity index (χ0v) is 12.5. The van der Waals surface area contributed by atoms with Crippen molar-refractivity contribution >= 4 is 16.7 Å². The molecule has 5 nitrogen and oxygen atoms in total. The van der Waals surface area contributed by atoms with Crippen LogP contribution in [-0.2, 0) is 0 Å². The summed E-state index contributed by atoms with van der Waals surface area (Å²) in [5.74, 6) is 0.995. The van der Waals surface area contributed by atoms with E-state index in [9.17, 15) is 5.26 Å². The number of nitrogens with zero attached hydrogens (tertiary/aromatic N) is 5. The smallest absolute Gasteiger partial charge is 0.139 e. The third-order valence-electron chi connectivity index (χ3n) is 4.17. The number of hydrogen-bond acceptors (Lipinski definition) is 5. The highest BCUT2D eigenvalue weighted by Gasteiger charge is 2.30. The van der Waals surface area contributed by atoms with Gasteiger partial charge in [0.2, 0.25) is 0 Å². The van der Waals surface area contributed by atoms with E-state index in [0.29, 0.717) is 0 Å². The molecule has 0 saturated carbocycles. The number of rotatable bonds is 2. The maximum Gasteiger partial charge on any atom is 0.139 e. The SMILES string of the molecule is CC(C)(C#N)N1CCN(c2ncnc3ccccc23)CC1. The maximum absolute atomic E-state index is 9.24. The Balaban J connectivity index is 1.82. The lowest BCUT2D eigenvalue weighted by Crippen LogP contribution is -2.54. The number of fused-ring (bicyclic) bond motifs is 1. The van der Waals surface area contributed by atoms with E-state index in [4.69, 9.17) is 0 Å². The fourth-order valence-electron chi connectivity index (χ4n) is 2.79. The molecule has 1 aliphatic heterocycles. The van der Waals surface area contributed by atoms with Gasteiger partial charge in [-0.25, -0.2) is 9.97 Å². The molecule has 0 bridgehead atoms. The van der Waals surface area contributed by atoms with Crippen molar-refractivity contribution in [2.45, 2.75) is 19.4 Å². The summed E-state index contributed by atoms with van der Waals surface area (Å²) in [4.78, 5) is 13.3. The highest BCUT2D eigenvalue weighted by Crippen LogP contribution is 2.25. The summed E-state index contributed by atoms with van der Waals surface area (Å²) in [5, 5.41) is 10.3. The topological polar surface area (TPSA) is 56.1 Å². The lowest BCUT2D eigenvalue weighted by molar-refractivity contribution is 0.158. The first-order chi connectivity index (χ1) is 10.1. The molecule has 0 radical (unpaired) electrons. The quantitative estimate of drug-likeness (QED) is 0.843. The van der Waals surface area contributed by atoms with E-state index in [-0.39, 0.29) is 0 Å². The van der Waals surface area contributed by atoms with Crippen LogP contribution in [0.5, 0.6) is 0 Å². The maximum atomic E-state index is 9.24. The van der Waals surface area contributed by atoms with E-state index in [1.54, 1.807) is 6.33 Å². The van der Waals surface area contributed by atoms with Crippen molar-refractivity contribution in [1.29, 1.82) is 5.26 Å². The van der Waals surface area contributed by atoms with Crippen molar-refractivity contribution in [1.82, 2.24) is 14.9 Å². The summed E-state index contributed by atoms with van der Waals surface area (Å²) < 4.78 is 0. The average Bonchev–Trinajstić information content (AvgIpc) is 2.54. The fourth-order valence-corrected chi connectivity index (χ4v) is 2.79. The van der Waals surface area contributed by atoms with Gasteiger partial charge in [0.25, 0.3) is 0 Å². The first kappa shape index (κ1) is 13.8. The molecule has 0 amide bonds. The molecule has 2 heterocycles. The van der Waals surface area contributed by atoms with Crippen LogP contribution in [0.2, 0.25) is 0 Å². The standard InChI is InChI=1S/C16H19N5/c1-16(2,11-17)21-9-7-20(8-10-21)15-13-5-3-4-6-14(13)18-12-19-15/h3-6,12H,7-10H2,1-2H3. The first-order valence-electron chi connectivity index (χ1n) is 7.23. The van der Waals surface area contributed by atoms with E-state index in [2.05, 4.69) is 31.9 Å². The van der Waals surface area contributed by atoms with Gasteiger partial charge in [0.1, 0.15) is 17.7 Å². The van der Waals surface area contributed by atoms with E-state index >= 15 is 0 Å². The number of para-hydroxylation sites is 1. The van der Waals surface area contributed by atoms with Crippen molar-refractivity contribution in [3.8, 4) is 6.07 Å². The second-order valence-corrected chi connectivity index (χ2v) is 5.86. The molecule has 21 heavy (non-hydrogen) atoms. The summed E-state index contributed by atoms with van der Waals surface area (Å²) in [6, 6.07) is 10.5. The van der Waals surface area contributed by atoms with Crippen LogP contribution >= 0.6 is 0 Å². The first-order valence-corrected chi connectivity index (χ1v) is 7.23. The van der Waals surface area contributed by atoms with Crippen molar-refractivity contribution in [2.75, 3.05) is 31.1 Å². The van der Waals surface area contributed by atoms with E-state index in [1.165, 1.54) is 0 Å². The van der Waals surface area contributed by atoms with Gasteiger partial charge >= 0.3 is 0 Å². The van der Waals surface area contributed by atoms with Crippen LogP contribution in [0.1, 0.15) is 13.8 Å². The van der Waals surface area contributed by atoms with E-state index in [1.807, 2.05) is 32.0 Å². The second-order valence-electron chi connectivity index (χ2n) is 5.86. The molecular weight excluding hydrogens is 262 g/mol. The van der Waals surface area contributed by atoms with Crippen molar-refractivity contribution in [3.05, 3.63) is 30.6 Å². The van der Waals surface area contributed by atoms with Crippen molar-refractivity contribution in [2.24, 2.45) is 0 Å². The number of aromatic nitrogens is 2. The molecule has 5 heteroatoms. The zero-order valence-electron chi connectivity index (χ0n) is 12.5. The van der Waals surface area contributed by atoms with Crippen LogP contribution in [0.15, 0.2) is 30.6 Å². The number of piperazine rings is 1. The van der Waals surface area contributed by atoms with Gasteiger partial charge in [0.05, 0.1) is 11.6 Å². The molecule has 0 N–H and O–H groups in total. The van der Waals surface area contributed by atoms with Crippen LogP contribution in [0.3, 0.4) is 0 Å². The Labute approximate surface area is 124 Å². The Morgan fingerprint density at radius 1 is 1.10 bits per heavy atom. The van der Waals surface area contributed by atoms with Gasteiger partial charge in [-0.1, -0.05) is 12.1 Å².